The zero-order valence-corrected chi connectivity index (χ0v) is 9.81. The SMILES string of the molecule is COc1ccnc(N(C)C2CCCNC2)n1. The number of rotatable bonds is 3. The average molecular weight is 222 g/mol. The molecule has 1 saturated heterocycles. The molecular formula is C11H18N4O. The fourth-order valence-electron chi connectivity index (χ4n) is 1.94. The Morgan fingerprint density at radius 3 is 3.12 bits per heavy atom. The summed E-state index contributed by atoms with van der Waals surface area (Å²) in [6, 6.07) is 2.23. The van der Waals surface area contributed by atoms with Crippen molar-refractivity contribution in [3.05, 3.63) is 12.3 Å². The minimum atomic E-state index is 0.473. The van der Waals surface area contributed by atoms with Crippen LogP contribution in [0.25, 0.3) is 0 Å². The fourth-order valence-corrected chi connectivity index (χ4v) is 1.94. The first-order valence-electron chi connectivity index (χ1n) is 5.62. The van der Waals surface area contributed by atoms with Crippen molar-refractivity contribution in [2.45, 2.75) is 18.9 Å². The Morgan fingerprint density at radius 1 is 1.56 bits per heavy atom. The molecule has 1 N–H and O–H groups in total. The molecule has 1 unspecified atom stereocenters. The Labute approximate surface area is 95.8 Å². The van der Waals surface area contributed by atoms with E-state index in [0.29, 0.717) is 11.9 Å². The molecule has 0 amide bonds. The first-order valence-corrected chi connectivity index (χ1v) is 5.62. The highest BCUT2D eigenvalue weighted by molar-refractivity contribution is 5.32. The summed E-state index contributed by atoms with van der Waals surface area (Å²) in [7, 11) is 3.65. The van der Waals surface area contributed by atoms with Crippen LogP contribution in [-0.2, 0) is 0 Å². The maximum Gasteiger partial charge on any atom is 0.228 e. The van der Waals surface area contributed by atoms with Crippen LogP contribution in [-0.4, -0.2) is 43.3 Å². The highest BCUT2D eigenvalue weighted by Crippen LogP contribution is 2.16. The summed E-state index contributed by atoms with van der Waals surface area (Å²) in [6.45, 7) is 2.11. The van der Waals surface area contributed by atoms with Crippen LogP contribution in [0.5, 0.6) is 5.88 Å². The van der Waals surface area contributed by atoms with Crippen LogP contribution in [0.15, 0.2) is 12.3 Å². The smallest absolute Gasteiger partial charge is 0.228 e. The van der Waals surface area contributed by atoms with Crippen LogP contribution in [0.2, 0.25) is 0 Å². The predicted octanol–water partition coefficient (Wildman–Crippen LogP) is 0.673. The summed E-state index contributed by atoms with van der Waals surface area (Å²) in [5.41, 5.74) is 0. The quantitative estimate of drug-likeness (QED) is 0.814. The monoisotopic (exact) mass is 222 g/mol. The maximum atomic E-state index is 5.10. The van der Waals surface area contributed by atoms with Gasteiger partial charge in [0.25, 0.3) is 0 Å². The van der Waals surface area contributed by atoms with Crippen LogP contribution in [0.4, 0.5) is 5.95 Å². The molecular weight excluding hydrogens is 204 g/mol. The van der Waals surface area contributed by atoms with Crippen molar-refractivity contribution in [1.82, 2.24) is 15.3 Å². The summed E-state index contributed by atoms with van der Waals surface area (Å²) in [6.07, 6.45) is 4.12. The lowest BCUT2D eigenvalue weighted by Crippen LogP contribution is -2.44. The zero-order valence-electron chi connectivity index (χ0n) is 9.81. The molecule has 5 heteroatoms. The summed E-state index contributed by atoms with van der Waals surface area (Å²) in [4.78, 5) is 10.7. The highest BCUT2D eigenvalue weighted by atomic mass is 16.5. The summed E-state index contributed by atoms with van der Waals surface area (Å²) >= 11 is 0. The molecule has 5 nitrogen and oxygen atoms in total. The first-order chi connectivity index (χ1) is 7.81. The van der Waals surface area contributed by atoms with E-state index in [1.54, 1.807) is 19.4 Å². The van der Waals surface area contributed by atoms with E-state index in [1.165, 1.54) is 12.8 Å². The van der Waals surface area contributed by atoms with Gasteiger partial charge in [-0.25, -0.2) is 4.98 Å². The fraction of sp³-hybridized carbons (Fsp3) is 0.636. The van der Waals surface area contributed by atoms with E-state index in [-0.39, 0.29) is 0 Å². The molecule has 16 heavy (non-hydrogen) atoms. The second kappa shape index (κ2) is 5.12. The number of aromatic nitrogens is 2. The second-order valence-corrected chi connectivity index (χ2v) is 4.01. The van der Waals surface area contributed by atoms with Gasteiger partial charge in [0.15, 0.2) is 0 Å². The molecule has 1 aromatic heterocycles. The van der Waals surface area contributed by atoms with E-state index in [9.17, 15) is 0 Å². The second-order valence-electron chi connectivity index (χ2n) is 4.01. The van der Waals surface area contributed by atoms with Gasteiger partial charge in [-0.15, -0.1) is 0 Å². The molecule has 0 saturated carbocycles. The average Bonchev–Trinajstić information content (AvgIpc) is 2.39. The lowest BCUT2D eigenvalue weighted by molar-refractivity contribution is 0.394. The van der Waals surface area contributed by atoms with Gasteiger partial charge >= 0.3 is 0 Å². The third kappa shape index (κ3) is 2.41. The van der Waals surface area contributed by atoms with E-state index < -0.39 is 0 Å². The van der Waals surface area contributed by atoms with Crippen LogP contribution in [0.3, 0.4) is 0 Å². The third-order valence-corrected chi connectivity index (χ3v) is 2.96. The number of likely N-dealkylation sites (N-methyl/N-ethyl adjacent to an activating group) is 1. The van der Waals surface area contributed by atoms with Crippen molar-refractivity contribution < 1.29 is 4.74 Å². The van der Waals surface area contributed by atoms with Gasteiger partial charge in [0.1, 0.15) is 0 Å². The standard InChI is InChI=1S/C11H18N4O/c1-15(9-4-3-6-12-8-9)11-13-7-5-10(14-11)16-2/h5,7,9,12H,3-4,6,8H2,1-2H3. The van der Waals surface area contributed by atoms with Gasteiger partial charge in [0.2, 0.25) is 11.8 Å². The van der Waals surface area contributed by atoms with Gasteiger partial charge in [-0.3, -0.25) is 0 Å². The number of methoxy groups -OCH3 is 1. The van der Waals surface area contributed by atoms with Crippen molar-refractivity contribution in [3.8, 4) is 5.88 Å². The minimum Gasteiger partial charge on any atom is -0.481 e. The predicted molar refractivity (Wildman–Crippen MR) is 62.9 cm³/mol. The number of hydrogen-bond donors (Lipinski definition) is 1. The number of ether oxygens (including phenoxy) is 1. The molecule has 2 rings (SSSR count). The Bertz CT molecular complexity index is 339. The highest BCUT2D eigenvalue weighted by Gasteiger charge is 2.19. The molecule has 0 bridgehead atoms. The van der Waals surface area contributed by atoms with E-state index >= 15 is 0 Å². The van der Waals surface area contributed by atoms with Crippen LogP contribution < -0.4 is 15.0 Å². The zero-order chi connectivity index (χ0) is 11.4. The molecule has 1 aromatic rings. The lowest BCUT2D eigenvalue weighted by atomic mass is 10.1. The van der Waals surface area contributed by atoms with Crippen LogP contribution in [0.1, 0.15) is 12.8 Å². The Balaban J connectivity index is 2.09. The Morgan fingerprint density at radius 2 is 2.44 bits per heavy atom. The molecule has 1 aliphatic rings. The first kappa shape index (κ1) is 11.1. The van der Waals surface area contributed by atoms with E-state index in [0.717, 1.165) is 19.0 Å². The molecule has 0 aromatic carbocycles. The van der Waals surface area contributed by atoms with Gasteiger partial charge in [-0.1, -0.05) is 0 Å². The molecule has 1 fully saturated rings. The molecule has 1 aliphatic heterocycles. The van der Waals surface area contributed by atoms with Crippen molar-refractivity contribution in [3.63, 3.8) is 0 Å². The van der Waals surface area contributed by atoms with Crippen molar-refractivity contribution >= 4 is 5.95 Å². The van der Waals surface area contributed by atoms with Gasteiger partial charge in [-0.05, 0) is 19.4 Å². The topological polar surface area (TPSA) is 50.3 Å². The molecule has 0 aliphatic carbocycles. The number of nitrogens with one attached hydrogen (secondary N) is 1. The molecule has 0 radical (unpaired) electrons. The number of nitrogens with zero attached hydrogens (tertiary/aromatic N) is 3. The van der Waals surface area contributed by atoms with Crippen molar-refractivity contribution in [2.24, 2.45) is 0 Å². The van der Waals surface area contributed by atoms with Crippen LogP contribution in [0, 0.1) is 0 Å². The molecule has 88 valence electrons. The van der Waals surface area contributed by atoms with Gasteiger partial charge in [0.05, 0.1) is 7.11 Å². The largest absolute Gasteiger partial charge is 0.481 e. The van der Waals surface area contributed by atoms with Crippen molar-refractivity contribution in [2.75, 3.05) is 32.1 Å². The van der Waals surface area contributed by atoms with Gasteiger partial charge < -0.3 is 15.0 Å². The van der Waals surface area contributed by atoms with E-state index in [2.05, 4.69) is 20.2 Å². The molecule has 0 spiro atoms. The number of piperidine rings is 1. The summed E-state index contributed by atoms with van der Waals surface area (Å²) < 4.78 is 5.10. The van der Waals surface area contributed by atoms with Crippen LogP contribution >= 0.6 is 0 Å². The van der Waals surface area contributed by atoms with Crippen molar-refractivity contribution in [1.29, 1.82) is 0 Å². The Kier molecular flexibility index (Phi) is 3.56. The van der Waals surface area contributed by atoms with Gasteiger partial charge in [-0.2, -0.15) is 4.98 Å². The van der Waals surface area contributed by atoms with Gasteiger partial charge in [0, 0.05) is 31.9 Å². The summed E-state index contributed by atoms with van der Waals surface area (Å²) in [5.74, 6) is 1.34. The number of anilines is 1. The Hall–Kier alpha value is -1.36. The number of hydrogen-bond acceptors (Lipinski definition) is 5. The van der Waals surface area contributed by atoms with E-state index in [4.69, 9.17) is 4.74 Å². The lowest BCUT2D eigenvalue weighted by Gasteiger charge is -2.31. The van der Waals surface area contributed by atoms with E-state index in [1.807, 2.05) is 7.05 Å². The minimum absolute atomic E-state index is 0.473. The third-order valence-electron chi connectivity index (χ3n) is 2.96. The summed E-state index contributed by atoms with van der Waals surface area (Å²) in [5, 5.41) is 3.39. The molecule has 2 heterocycles. The maximum absolute atomic E-state index is 5.10. The normalized spacial score (nSPS) is 20.5. The molecule has 1 atom stereocenters.